The molecule has 5 heteroatoms. The van der Waals surface area contributed by atoms with Crippen LogP contribution in [0, 0.1) is 5.92 Å². The molecule has 1 fully saturated rings. The molecule has 1 heterocycles. The highest BCUT2D eigenvalue weighted by atomic mass is 32.2. The fourth-order valence-electron chi connectivity index (χ4n) is 1.84. The number of nitrogen functional groups attached to an aromatic ring is 1. The van der Waals surface area contributed by atoms with Crippen LogP contribution in [0.25, 0.3) is 0 Å². The van der Waals surface area contributed by atoms with Crippen LogP contribution in [0.15, 0.2) is 18.2 Å². The summed E-state index contributed by atoms with van der Waals surface area (Å²) in [4.78, 5) is 10.9. The molecule has 1 aromatic rings. The molecule has 0 spiro atoms. The van der Waals surface area contributed by atoms with Gasteiger partial charge in [-0.25, -0.2) is 4.79 Å². The summed E-state index contributed by atoms with van der Waals surface area (Å²) in [6, 6.07) is 4.75. The van der Waals surface area contributed by atoms with Crippen LogP contribution in [0.4, 0.5) is 11.4 Å². The van der Waals surface area contributed by atoms with Crippen LogP contribution < -0.4 is 11.1 Å². The van der Waals surface area contributed by atoms with Gasteiger partial charge in [0.05, 0.1) is 16.9 Å². The smallest absolute Gasteiger partial charge is 0.335 e. The Balaban J connectivity index is 2.03. The van der Waals surface area contributed by atoms with Crippen molar-refractivity contribution in [1.29, 1.82) is 0 Å². The highest BCUT2D eigenvalue weighted by Crippen LogP contribution is 2.25. The van der Waals surface area contributed by atoms with Crippen molar-refractivity contribution in [2.24, 2.45) is 5.92 Å². The van der Waals surface area contributed by atoms with Gasteiger partial charge < -0.3 is 16.2 Å². The highest BCUT2D eigenvalue weighted by molar-refractivity contribution is 7.99. The van der Waals surface area contributed by atoms with Crippen molar-refractivity contribution in [2.75, 3.05) is 29.1 Å². The van der Waals surface area contributed by atoms with E-state index in [1.165, 1.54) is 24.0 Å². The number of hydrogen-bond acceptors (Lipinski definition) is 4. The largest absolute Gasteiger partial charge is 0.478 e. The maximum absolute atomic E-state index is 10.9. The third-order valence-corrected chi connectivity index (χ3v) is 4.14. The molecule has 4 N–H and O–H groups in total. The average Bonchev–Trinajstić information content (AvgIpc) is 2.80. The minimum Gasteiger partial charge on any atom is -0.478 e. The number of benzene rings is 1. The molecule has 1 atom stereocenters. The van der Waals surface area contributed by atoms with E-state index in [9.17, 15) is 4.79 Å². The quantitative estimate of drug-likeness (QED) is 0.716. The molecule has 0 radical (unpaired) electrons. The van der Waals surface area contributed by atoms with Crippen LogP contribution in [0.5, 0.6) is 0 Å². The van der Waals surface area contributed by atoms with Gasteiger partial charge in [0.25, 0.3) is 0 Å². The van der Waals surface area contributed by atoms with Gasteiger partial charge in [-0.05, 0) is 42.0 Å². The number of anilines is 2. The van der Waals surface area contributed by atoms with Crippen LogP contribution in [-0.4, -0.2) is 29.1 Å². The number of nitrogens with two attached hydrogens (primary N) is 1. The van der Waals surface area contributed by atoms with Gasteiger partial charge in [-0.3, -0.25) is 0 Å². The van der Waals surface area contributed by atoms with Crippen LogP contribution in [0.1, 0.15) is 16.8 Å². The van der Waals surface area contributed by atoms with Crippen LogP contribution in [-0.2, 0) is 0 Å². The molecule has 4 nitrogen and oxygen atoms in total. The number of thioether (sulfide) groups is 1. The molecule has 0 amide bonds. The van der Waals surface area contributed by atoms with Gasteiger partial charge >= 0.3 is 5.97 Å². The van der Waals surface area contributed by atoms with Crippen LogP contribution in [0.3, 0.4) is 0 Å². The lowest BCUT2D eigenvalue weighted by molar-refractivity contribution is 0.0697. The zero-order chi connectivity index (χ0) is 12.3. The summed E-state index contributed by atoms with van der Waals surface area (Å²) >= 11 is 1.96. The Kier molecular flexibility index (Phi) is 3.78. The molecule has 92 valence electrons. The summed E-state index contributed by atoms with van der Waals surface area (Å²) in [5, 5.41) is 12.2. The lowest BCUT2D eigenvalue weighted by Gasteiger charge is -2.13. The van der Waals surface area contributed by atoms with E-state index in [2.05, 4.69) is 5.32 Å². The van der Waals surface area contributed by atoms with Crippen molar-refractivity contribution in [1.82, 2.24) is 0 Å². The molecule has 1 unspecified atom stereocenters. The second-order valence-electron chi connectivity index (χ2n) is 4.22. The lowest BCUT2D eigenvalue weighted by Crippen LogP contribution is -2.14. The van der Waals surface area contributed by atoms with Crippen molar-refractivity contribution >= 4 is 29.1 Å². The molecule has 1 aliphatic heterocycles. The topological polar surface area (TPSA) is 75.4 Å². The fraction of sp³-hybridized carbons (Fsp3) is 0.417. The number of hydrogen-bond donors (Lipinski definition) is 3. The van der Waals surface area contributed by atoms with Gasteiger partial charge in [-0.2, -0.15) is 11.8 Å². The van der Waals surface area contributed by atoms with Gasteiger partial charge in [0.15, 0.2) is 0 Å². The van der Waals surface area contributed by atoms with Crippen molar-refractivity contribution in [3.8, 4) is 0 Å². The van der Waals surface area contributed by atoms with E-state index in [1.54, 1.807) is 12.1 Å². The second kappa shape index (κ2) is 5.31. The van der Waals surface area contributed by atoms with E-state index in [1.807, 2.05) is 11.8 Å². The van der Waals surface area contributed by atoms with Crippen molar-refractivity contribution in [3.05, 3.63) is 23.8 Å². The molecule has 0 aromatic heterocycles. The monoisotopic (exact) mass is 252 g/mol. The molecule has 0 bridgehead atoms. The lowest BCUT2D eigenvalue weighted by atomic mass is 10.1. The van der Waals surface area contributed by atoms with Gasteiger partial charge in [-0.15, -0.1) is 0 Å². The first-order chi connectivity index (χ1) is 8.16. The molecule has 1 aliphatic rings. The second-order valence-corrected chi connectivity index (χ2v) is 5.37. The zero-order valence-corrected chi connectivity index (χ0v) is 10.3. The normalized spacial score (nSPS) is 19.2. The van der Waals surface area contributed by atoms with Crippen LogP contribution >= 0.6 is 11.8 Å². The molecule has 17 heavy (non-hydrogen) atoms. The average molecular weight is 252 g/mol. The fourth-order valence-corrected chi connectivity index (χ4v) is 3.13. The summed E-state index contributed by atoms with van der Waals surface area (Å²) in [6.07, 6.45) is 1.22. The summed E-state index contributed by atoms with van der Waals surface area (Å²) in [5.41, 5.74) is 7.40. The summed E-state index contributed by atoms with van der Waals surface area (Å²) in [5.74, 6) is 2.13. The Morgan fingerprint density at radius 2 is 2.41 bits per heavy atom. The predicted molar refractivity (Wildman–Crippen MR) is 71.7 cm³/mol. The van der Waals surface area contributed by atoms with Crippen molar-refractivity contribution < 1.29 is 9.90 Å². The van der Waals surface area contributed by atoms with E-state index in [-0.39, 0.29) is 5.56 Å². The first-order valence-corrected chi connectivity index (χ1v) is 6.76. The van der Waals surface area contributed by atoms with E-state index < -0.39 is 5.97 Å². The third-order valence-electron chi connectivity index (χ3n) is 2.91. The van der Waals surface area contributed by atoms with Gasteiger partial charge in [-0.1, -0.05) is 0 Å². The molecule has 1 saturated heterocycles. The number of rotatable bonds is 4. The van der Waals surface area contributed by atoms with Gasteiger partial charge in [0.1, 0.15) is 0 Å². The number of nitrogens with one attached hydrogen (secondary N) is 1. The summed E-state index contributed by atoms with van der Waals surface area (Å²) in [6.45, 7) is 0.861. The number of carbonyl (C=O) groups is 1. The molecular weight excluding hydrogens is 236 g/mol. The number of carboxylic acid groups (broad SMARTS) is 1. The first kappa shape index (κ1) is 12.1. The third kappa shape index (κ3) is 3.06. The molecular formula is C12H16N2O2S. The van der Waals surface area contributed by atoms with E-state index >= 15 is 0 Å². The molecule has 1 aromatic carbocycles. The minimum atomic E-state index is -0.926. The van der Waals surface area contributed by atoms with Gasteiger partial charge in [0, 0.05) is 6.54 Å². The zero-order valence-electron chi connectivity index (χ0n) is 9.48. The van der Waals surface area contributed by atoms with E-state index in [0.29, 0.717) is 11.6 Å². The highest BCUT2D eigenvalue weighted by Gasteiger charge is 2.15. The van der Waals surface area contributed by atoms with E-state index in [4.69, 9.17) is 10.8 Å². The van der Waals surface area contributed by atoms with Crippen molar-refractivity contribution in [2.45, 2.75) is 6.42 Å². The maximum atomic E-state index is 10.9. The van der Waals surface area contributed by atoms with Crippen molar-refractivity contribution in [3.63, 3.8) is 0 Å². The maximum Gasteiger partial charge on any atom is 0.335 e. The molecule has 2 rings (SSSR count). The van der Waals surface area contributed by atoms with E-state index in [0.717, 1.165) is 12.2 Å². The Morgan fingerprint density at radius 3 is 3.06 bits per heavy atom. The summed E-state index contributed by atoms with van der Waals surface area (Å²) < 4.78 is 0. The SMILES string of the molecule is Nc1ccc(C(=O)O)cc1NCC1CCSC1. The minimum absolute atomic E-state index is 0.266. The predicted octanol–water partition coefficient (Wildman–Crippen LogP) is 2.13. The first-order valence-electron chi connectivity index (χ1n) is 5.61. The summed E-state index contributed by atoms with van der Waals surface area (Å²) in [7, 11) is 0. The Hall–Kier alpha value is -1.36. The molecule has 0 aliphatic carbocycles. The van der Waals surface area contributed by atoms with Crippen LogP contribution in [0.2, 0.25) is 0 Å². The standard InChI is InChI=1S/C12H16N2O2S/c13-10-2-1-9(12(15)16)5-11(10)14-6-8-3-4-17-7-8/h1-2,5,8,14H,3-4,6-7,13H2,(H,15,16). The Bertz CT molecular complexity index is 417. The number of aromatic carboxylic acids is 1. The Morgan fingerprint density at radius 1 is 1.59 bits per heavy atom. The molecule has 0 saturated carbocycles. The Labute approximate surface area is 105 Å². The van der Waals surface area contributed by atoms with Gasteiger partial charge in [0.2, 0.25) is 0 Å². The number of carboxylic acids is 1.